The smallest absolute Gasteiger partial charge is 0.247 e. The van der Waals surface area contributed by atoms with Crippen molar-refractivity contribution in [1.82, 2.24) is 14.2 Å². The summed E-state index contributed by atoms with van der Waals surface area (Å²) in [6.45, 7) is 3.02. The number of carbonyl (C=O) groups excluding carboxylic acids is 1. The minimum absolute atomic E-state index is 0.0597. The fraction of sp³-hybridized carbons (Fsp3) is 0.519. The zero-order chi connectivity index (χ0) is 28.2. The molecule has 2 aliphatic heterocycles. The van der Waals surface area contributed by atoms with E-state index in [-0.39, 0.29) is 48.5 Å². The topological polar surface area (TPSA) is 118 Å². The van der Waals surface area contributed by atoms with Gasteiger partial charge < -0.3 is 15.4 Å². The summed E-state index contributed by atoms with van der Waals surface area (Å²) < 4.78 is 61.8. The number of hydrogen-bond acceptors (Lipinski definition) is 8. The van der Waals surface area contributed by atoms with E-state index in [0.717, 1.165) is 36.0 Å². The average Bonchev–Trinajstić information content (AvgIpc) is 3.32. The van der Waals surface area contributed by atoms with Gasteiger partial charge in [0.15, 0.2) is 5.78 Å². The number of carbonyl (C=O) groups is 1. The molecule has 2 N–H and O–H groups in total. The Labute approximate surface area is 227 Å². The predicted molar refractivity (Wildman–Crippen MR) is 142 cm³/mol. The van der Waals surface area contributed by atoms with Crippen molar-refractivity contribution in [3.63, 3.8) is 0 Å². The quantitative estimate of drug-likeness (QED) is 0.516. The van der Waals surface area contributed by atoms with Crippen LogP contribution < -0.4 is 5.73 Å². The van der Waals surface area contributed by atoms with Crippen molar-refractivity contribution in [2.45, 2.75) is 49.0 Å². The van der Waals surface area contributed by atoms with E-state index >= 15 is 4.39 Å². The fourth-order valence-electron chi connectivity index (χ4n) is 6.22. The lowest BCUT2D eigenvalue weighted by molar-refractivity contribution is -0.00907. The van der Waals surface area contributed by atoms with E-state index in [2.05, 4.69) is 14.9 Å². The number of guanidine groups is 1. The largest absolute Gasteiger partial charge is 0.381 e. The van der Waals surface area contributed by atoms with Crippen molar-refractivity contribution >= 4 is 21.8 Å². The lowest BCUT2D eigenvalue weighted by Crippen LogP contribution is -2.66. The Kier molecular flexibility index (Phi) is 7.01. The summed E-state index contributed by atoms with van der Waals surface area (Å²) >= 11 is 0. The van der Waals surface area contributed by atoms with Crippen LogP contribution in [0, 0.1) is 17.6 Å². The number of pyridine rings is 1. The molecule has 0 radical (unpaired) electrons. The van der Waals surface area contributed by atoms with Crippen LogP contribution in [-0.2, 0) is 26.7 Å². The number of aliphatic imine (C=N–C) groups is 1. The van der Waals surface area contributed by atoms with E-state index in [0.29, 0.717) is 18.0 Å². The van der Waals surface area contributed by atoms with Gasteiger partial charge in [-0.25, -0.2) is 26.5 Å². The summed E-state index contributed by atoms with van der Waals surface area (Å²) in [6, 6.07) is 6.62. The first kappa shape index (κ1) is 27.6. The van der Waals surface area contributed by atoms with Crippen molar-refractivity contribution in [2.75, 3.05) is 33.8 Å². The Balaban J connectivity index is 1.51. The normalized spacial score (nSPS) is 30.3. The molecule has 210 valence electrons. The van der Waals surface area contributed by atoms with Gasteiger partial charge in [0.05, 0.1) is 12.3 Å². The van der Waals surface area contributed by atoms with Gasteiger partial charge in [0.2, 0.25) is 16.0 Å². The van der Waals surface area contributed by atoms with E-state index in [1.54, 1.807) is 14.0 Å². The molecule has 3 aliphatic rings. The molecule has 1 saturated carbocycles. The Hall–Kier alpha value is -2.96. The van der Waals surface area contributed by atoms with Gasteiger partial charge >= 0.3 is 0 Å². The molecule has 1 aliphatic carbocycles. The maximum Gasteiger partial charge on any atom is 0.247 e. The number of aromatic nitrogens is 1. The number of Topliss-reactive ketones (excluding diaryl/α,β-unsaturated/α-hetero) is 1. The third kappa shape index (κ3) is 4.52. The standard InChI is InChI=1S/C27H33F2N5O4S/c1-26(21-12-17(4-6-22(21)29)13-24(35)23-7-5-19(28)14-31-23)27(39(36,37)33(2)25(30)32-26)8-9-34(16-27)15-18-10-20(11-18)38-3/h4-7,12,14,18,20H,8-11,13,15-16H2,1-3H3,(H2,30,32)/t18?,20?,26-,27+/m1/s1. The monoisotopic (exact) mass is 561 g/mol. The molecule has 2 aromatic rings. The van der Waals surface area contributed by atoms with Gasteiger partial charge in [0.1, 0.15) is 27.6 Å². The van der Waals surface area contributed by atoms with E-state index in [1.807, 2.05) is 0 Å². The second-order valence-electron chi connectivity index (χ2n) is 11.0. The Morgan fingerprint density at radius 1 is 1.23 bits per heavy atom. The second kappa shape index (κ2) is 9.90. The predicted octanol–water partition coefficient (Wildman–Crippen LogP) is 2.46. The number of nitrogens with two attached hydrogens (primary N) is 1. The number of methoxy groups -OCH3 is 1. The molecule has 1 aromatic heterocycles. The van der Waals surface area contributed by atoms with E-state index < -0.39 is 31.9 Å². The molecule has 0 bridgehead atoms. The molecular formula is C27H33F2N5O4S. The number of likely N-dealkylation sites (tertiary alicyclic amines) is 1. The first-order valence-electron chi connectivity index (χ1n) is 12.9. The van der Waals surface area contributed by atoms with E-state index in [1.165, 1.54) is 31.3 Å². The van der Waals surface area contributed by atoms with Gasteiger partial charge in [0.25, 0.3) is 0 Å². The highest BCUT2D eigenvalue weighted by atomic mass is 32.2. The molecule has 9 nitrogen and oxygen atoms in total. The van der Waals surface area contributed by atoms with Gasteiger partial charge in [0, 0.05) is 39.2 Å². The van der Waals surface area contributed by atoms with Crippen LogP contribution in [0.3, 0.4) is 0 Å². The summed E-state index contributed by atoms with van der Waals surface area (Å²) in [6.07, 6.45) is 3.14. The molecule has 2 atom stereocenters. The number of rotatable bonds is 7. The highest BCUT2D eigenvalue weighted by Gasteiger charge is 2.66. The molecule has 2 fully saturated rings. The lowest BCUT2D eigenvalue weighted by Gasteiger charge is -2.49. The number of halogens is 2. The number of nitrogens with zero attached hydrogens (tertiary/aromatic N) is 4. The molecule has 1 aromatic carbocycles. The van der Waals surface area contributed by atoms with Crippen LogP contribution in [-0.4, -0.2) is 79.0 Å². The van der Waals surface area contributed by atoms with Crippen molar-refractivity contribution in [3.05, 3.63) is 65.0 Å². The van der Waals surface area contributed by atoms with Gasteiger partial charge in [-0.3, -0.25) is 9.78 Å². The summed E-state index contributed by atoms with van der Waals surface area (Å²) in [7, 11) is -0.987. The SMILES string of the molecule is COC1CC(CN2CC[C@]3(C2)[C@@](C)(c2cc(CC(=O)c4ccc(F)cn4)ccc2F)N=C(N)N(C)S3(=O)=O)C1. The molecule has 0 unspecified atom stereocenters. The molecule has 1 saturated heterocycles. The summed E-state index contributed by atoms with van der Waals surface area (Å²) in [5, 5.41) is 0. The summed E-state index contributed by atoms with van der Waals surface area (Å²) in [4.78, 5) is 23.4. The van der Waals surface area contributed by atoms with Crippen LogP contribution in [0.5, 0.6) is 0 Å². The van der Waals surface area contributed by atoms with Gasteiger partial charge in [-0.15, -0.1) is 0 Å². The molecule has 0 amide bonds. The third-order valence-corrected chi connectivity index (χ3v) is 11.3. The van der Waals surface area contributed by atoms with Crippen LogP contribution in [0.15, 0.2) is 41.5 Å². The first-order valence-corrected chi connectivity index (χ1v) is 14.4. The average molecular weight is 562 g/mol. The second-order valence-corrected chi connectivity index (χ2v) is 13.2. The minimum Gasteiger partial charge on any atom is -0.381 e. The maximum absolute atomic E-state index is 15.6. The molecule has 3 heterocycles. The van der Waals surface area contributed by atoms with Crippen molar-refractivity contribution < 1.29 is 26.7 Å². The number of benzene rings is 1. The molecule has 5 rings (SSSR count). The highest BCUT2D eigenvalue weighted by Crippen LogP contribution is 2.52. The van der Waals surface area contributed by atoms with Crippen LogP contribution in [0.2, 0.25) is 0 Å². The van der Waals surface area contributed by atoms with Crippen LogP contribution in [0.4, 0.5) is 8.78 Å². The Morgan fingerprint density at radius 2 is 1.97 bits per heavy atom. The molecule has 1 spiro atoms. The van der Waals surface area contributed by atoms with Crippen molar-refractivity contribution in [3.8, 4) is 0 Å². The van der Waals surface area contributed by atoms with Gasteiger partial charge in [-0.1, -0.05) is 6.07 Å². The Bertz CT molecular complexity index is 1410. The first-order chi connectivity index (χ1) is 18.4. The van der Waals surface area contributed by atoms with Crippen molar-refractivity contribution in [2.24, 2.45) is 16.6 Å². The third-order valence-electron chi connectivity index (χ3n) is 8.69. The minimum atomic E-state index is -4.05. The number of sulfonamides is 1. The number of ketones is 1. The summed E-state index contributed by atoms with van der Waals surface area (Å²) in [5.74, 6) is -1.40. The van der Waals surface area contributed by atoms with E-state index in [4.69, 9.17) is 10.5 Å². The zero-order valence-electron chi connectivity index (χ0n) is 22.2. The number of hydrogen-bond donors (Lipinski definition) is 1. The van der Waals surface area contributed by atoms with E-state index in [9.17, 15) is 17.6 Å². The van der Waals surface area contributed by atoms with Crippen LogP contribution in [0.25, 0.3) is 0 Å². The molecular weight excluding hydrogens is 528 g/mol. The number of ether oxygens (including phenoxy) is 1. The Morgan fingerprint density at radius 3 is 2.64 bits per heavy atom. The summed E-state index contributed by atoms with van der Waals surface area (Å²) in [5.41, 5.74) is 5.15. The maximum atomic E-state index is 15.6. The lowest BCUT2D eigenvalue weighted by atomic mass is 9.77. The van der Waals surface area contributed by atoms with Crippen molar-refractivity contribution in [1.29, 1.82) is 0 Å². The van der Waals surface area contributed by atoms with Gasteiger partial charge in [-0.2, -0.15) is 0 Å². The zero-order valence-corrected chi connectivity index (χ0v) is 23.0. The highest BCUT2D eigenvalue weighted by molar-refractivity contribution is 7.91. The fourth-order valence-corrected chi connectivity index (χ4v) is 8.38. The van der Waals surface area contributed by atoms with Crippen LogP contribution in [0.1, 0.15) is 47.8 Å². The molecule has 12 heteroatoms. The van der Waals surface area contributed by atoms with Crippen LogP contribution >= 0.6 is 0 Å². The van der Waals surface area contributed by atoms with Gasteiger partial charge in [-0.05, 0) is 68.5 Å². The molecule has 39 heavy (non-hydrogen) atoms.